The van der Waals surface area contributed by atoms with E-state index in [0.29, 0.717) is 17.4 Å². The van der Waals surface area contributed by atoms with Gasteiger partial charge in [-0.05, 0) is 25.0 Å². The maximum atomic E-state index is 12.1. The minimum absolute atomic E-state index is 0.0285. The first kappa shape index (κ1) is 10.9. The van der Waals surface area contributed by atoms with Gasteiger partial charge in [-0.2, -0.15) is 0 Å². The van der Waals surface area contributed by atoms with Gasteiger partial charge in [0.25, 0.3) is 5.91 Å². The molecule has 1 aliphatic carbocycles. The lowest BCUT2D eigenvalue weighted by atomic mass is 10.2. The van der Waals surface area contributed by atoms with Crippen LogP contribution in [0, 0.1) is 0 Å². The minimum Gasteiger partial charge on any atom is -0.399 e. The molecule has 2 rings (SSSR count). The molecular formula is C12H17N3O. The van der Waals surface area contributed by atoms with Gasteiger partial charge in [-0.1, -0.05) is 12.8 Å². The summed E-state index contributed by atoms with van der Waals surface area (Å²) in [6.07, 6.45) is 6.21. The molecule has 4 nitrogen and oxygen atoms in total. The Morgan fingerprint density at radius 3 is 2.81 bits per heavy atom. The van der Waals surface area contributed by atoms with Crippen LogP contribution >= 0.6 is 0 Å². The fourth-order valence-corrected chi connectivity index (χ4v) is 2.20. The number of pyridine rings is 1. The van der Waals surface area contributed by atoms with E-state index in [4.69, 9.17) is 5.73 Å². The zero-order valence-corrected chi connectivity index (χ0v) is 9.52. The van der Waals surface area contributed by atoms with Gasteiger partial charge in [0.1, 0.15) is 5.69 Å². The number of amides is 1. The predicted molar refractivity (Wildman–Crippen MR) is 63.0 cm³/mol. The first-order chi connectivity index (χ1) is 7.68. The lowest BCUT2D eigenvalue weighted by Crippen LogP contribution is -2.35. The summed E-state index contributed by atoms with van der Waals surface area (Å²) in [6.45, 7) is 0. The number of rotatable bonds is 2. The van der Waals surface area contributed by atoms with Gasteiger partial charge in [-0.15, -0.1) is 0 Å². The Hall–Kier alpha value is -1.58. The summed E-state index contributed by atoms with van der Waals surface area (Å²) in [5, 5.41) is 0. The van der Waals surface area contributed by atoms with Gasteiger partial charge in [0.2, 0.25) is 0 Å². The van der Waals surface area contributed by atoms with Crippen LogP contribution in [0.15, 0.2) is 18.3 Å². The van der Waals surface area contributed by atoms with E-state index >= 15 is 0 Å². The number of nitrogens with zero attached hydrogens (tertiary/aromatic N) is 2. The molecule has 1 aromatic rings. The molecule has 1 fully saturated rings. The molecule has 1 saturated carbocycles. The number of nitrogen functional groups attached to an aromatic ring is 1. The van der Waals surface area contributed by atoms with E-state index in [1.165, 1.54) is 12.8 Å². The molecule has 0 saturated heterocycles. The highest BCUT2D eigenvalue weighted by molar-refractivity contribution is 5.93. The minimum atomic E-state index is -0.0285. The molecule has 0 atom stereocenters. The maximum absolute atomic E-state index is 12.1. The van der Waals surface area contributed by atoms with E-state index in [2.05, 4.69) is 4.98 Å². The molecule has 16 heavy (non-hydrogen) atoms. The smallest absolute Gasteiger partial charge is 0.272 e. The third-order valence-electron chi connectivity index (χ3n) is 3.20. The number of anilines is 1. The Labute approximate surface area is 95.5 Å². The van der Waals surface area contributed by atoms with Crippen molar-refractivity contribution in [3.05, 3.63) is 24.0 Å². The molecule has 1 heterocycles. The van der Waals surface area contributed by atoms with Crippen LogP contribution in [0.5, 0.6) is 0 Å². The van der Waals surface area contributed by atoms with E-state index in [1.54, 1.807) is 23.2 Å². The molecular weight excluding hydrogens is 202 g/mol. The Morgan fingerprint density at radius 1 is 1.50 bits per heavy atom. The molecule has 2 N–H and O–H groups in total. The van der Waals surface area contributed by atoms with Gasteiger partial charge >= 0.3 is 0 Å². The zero-order chi connectivity index (χ0) is 11.5. The van der Waals surface area contributed by atoms with Gasteiger partial charge in [0, 0.05) is 25.0 Å². The van der Waals surface area contributed by atoms with Crippen LogP contribution in [0.4, 0.5) is 5.69 Å². The van der Waals surface area contributed by atoms with Crippen LogP contribution in [-0.4, -0.2) is 28.9 Å². The number of hydrogen-bond acceptors (Lipinski definition) is 3. The summed E-state index contributed by atoms with van der Waals surface area (Å²) >= 11 is 0. The van der Waals surface area contributed by atoms with Crippen molar-refractivity contribution in [2.45, 2.75) is 31.7 Å². The summed E-state index contributed by atoms with van der Waals surface area (Å²) < 4.78 is 0. The van der Waals surface area contributed by atoms with Crippen molar-refractivity contribution in [3.63, 3.8) is 0 Å². The van der Waals surface area contributed by atoms with E-state index < -0.39 is 0 Å². The van der Waals surface area contributed by atoms with Gasteiger partial charge in [-0.25, -0.2) is 0 Å². The van der Waals surface area contributed by atoms with E-state index in [0.717, 1.165) is 12.8 Å². The highest BCUT2D eigenvalue weighted by atomic mass is 16.2. The summed E-state index contributed by atoms with van der Waals surface area (Å²) in [5.41, 5.74) is 6.66. The number of carbonyl (C=O) groups is 1. The van der Waals surface area contributed by atoms with Crippen molar-refractivity contribution in [2.75, 3.05) is 12.8 Å². The Kier molecular flexibility index (Phi) is 3.08. The molecule has 0 unspecified atom stereocenters. The highest BCUT2D eigenvalue weighted by Crippen LogP contribution is 2.23. The van der Waals surface area contributed by atoms with Crippen LogP contribution < -0.4 is 5.73 Å². The maximum Gasteiger partial charge on any atom is 0.272 e. The summed E-state index contributed by atoms with van der Waals surface area (Å²) in [4.78, 5) is 18.0. The SMILES string of the molecule is CN(C(=O)c1cc(N)ccn1)C1CCCC1. The standard InChI is InChI=1S/C12H17N3O/c1-15(10-4-2-3-5-10)12(16)11-8-9(13)6-7-14-11/h6-8,10H,2-5H2,1H3,(H2,13,14). The first-order valence-corrected chi connectivity index (χ1v) is 5.67. The molecule has 4 heteroatoms. The number of nitrogens with two attached hydrogens (primary N) is 1. The fraction of sp³-hybridized carbons (Fsp3) is 0.500. The third-order valence-corrected chi connectivity index (χ3v) is 3.20. The number of aromatic nitrogens is 1. The van der Waals surface area contributed by atoms with Gasteiger partial charge in [0.15, 0.2) is 0 Å². The second-order valence-electron chi connectivity index (χ2n) is 4.33. The van der Waals surface area contributed by atoms with Gasteiger partial charge < -0.3 is 10.6 Å². The van der Waals surface area contributed by atoms with Crippen molar-refractivity contribution in [3.8, 4) is 0 Å². The van der Waals surface area contributed by atoms with Crippen molar-refractivity contribution in [1.82, 2.24) is 9.88 Å². The van der Waals surface area contributed by atoms with Crippen molar-refractivity contribution in [1.29, 1.82) is 0 Å². The number of hydrogen-bond donors (Lipinski definition) is 1. The third kappa shape index (κ3) is 2.15. The largest absolute Gasteiger partial charge is 0.399 e. The lowest BCUT2D eigenvalue weighted by molar-refractivity contribution is 0.0729. The molecule has 0 radical (unpaired) electrons. The quantitative estimate of drug-likeness (QED) is 0.823. The average Bonchev–Trinajstić information content (AvgIpc) is 2.80. The number of carbonyl (C=O) groups excluding carboxylic acids is 1. The van der Waals surface area contributed by atoms with Gasteiger partial charge in [-0.3, -0.25) is 9.78 Å². The average molecular weight is 219 g/mol. The normalized spacial score (nSPS) is 16.3. The summed E-state index contributed by atoms with van der Waals surface area (Å²) in [7, 11) is 1.85. The van der Waals surface area contributed by atoms with E-state index in [9.17, 15) is 4.79 Å². The van der Waals surface area contributed by atoms with E-state index in [-0.39, 0.29) is 5.91 Å². The topological polar surface area (TPSA) is 59.2 Å². The van der Waals surface area contributed by atoms with Crippen molar-refractivity contribution < 1.29 is 4.79 Å². The van der Waals surface area contributed by atoms with E-state index in [1.807, 2.05) is 7.05 Å². The van der Waals surface area contributed by atoms with Crippen molar-refractivity contribution >= 4 is 11.6 Å². The molecule has 0 spiro atoms. The second kappa shape index (κ2) is 4.51. The fourth-order valence-electron chi connectivity index (χ4n) is 2.20. The Balaban J connectivity index is 2.12. The molecule has 86 valence electrons. The van der Waals surface area contributed by atoms with Crippen LogP contribution in [0.25, 0.3) is 0 Å². The Morgan fingerprint density at radius 2 is 2.19 bits per heavy atom. The van der Waals surface area contributed by atoms with Crippen LogP contribution in [-0.2, 0) is 0 Å². The zero-order valence-electron chi connectivity index (χ0n) is 9.52. The molecule has 0 aliphatic heterocycles. The van der Waals surface area contributed by atoms with Crippen LogP contribution in [0.3, 0.4) is 0 Å². The van der Waals surface area contributed by atoms with Crippen LogP contribution in [0.1, 0.15) is 36.2 Å². The molecule has 1 aromatic heterocycles. The van der Waals surface area contributed by atoms with Crippen molar-refractivity contribution in [2.24, 2.45) is 0 Å². The summed E-state index contributed by atoms with van der Waals surface area (Å²) in [5.74, 6) is -0.0285. The predicted octanol–water partition coefficient (Wildman–Crippen LogP) is 1.68. The molecule has 1 aliphatic rings. The highest BCUT2D eigenvalue weighted by Gasteiger charge is 2.24. The van der Waals surface area contributed by atoms with Gasteiger partial charge in [0.05, 0.1) is 0 Å². The summed E-state index contributed by atoms with van der Waals surface area (Å²) in [6, 6.07) is 3.69. The lowest BCUT2D eigenvalue weighted by Gasteiger charge is -2.23. The van der Waals surface area contributed by atoms with Crippen LogP contribution in [0.2, 0.25) is 0 Å². The first-order valence-electron chi connectivity index (χ1n) is 5.67. The molecule has 0 aromatic carbocycles. The monoisotopic (exact) mass is 219 g/mol. The second-order valence-corrected chi connectivity index (χ2v) is 4.33. The molecule has 1 amide bonds. The molecule has 0 bridgehead atoms. The Bertz CT molecular complexity index is 386.